The summed E-state index contributed by atoms with van der Waals surface area (Å²) in [5.41, 5.74) is 2.81. The van der Waals surface area contributed by atoms with E-state index in [0.29, 0.717) is 18.0 Å². The van der Waals surface area contributed by atoms with Gasteiger partial charge < -0.3 is 15.4 Å². The number of hydrogen-bond donors (Lipinski definition) is 2. The Morgan fingerprint density at radius 1 is 1.42 bits per heavy atom. The minimum atomic E-state index is -0.424. The van der Waals surface area contributed by atoms with Gasteiger partial charge in [-0.1, -0.05) is 24.6 Å². The normalized spacial score (nSPS) is 17.6. The fraction of sp³-hybridized carbons (Fsp3) is 0.333. The lowest BCUT2D eigenvalue weighted by Crippen LogP contribution is -2.36. The van der Waals surface area contributed by atoms with Crippen LogP contribution >= 0.6 is 11.6 Å². The molecule has 1 aliphatic rings. The molecule has 6 heteroatoms. The van der Waals surface area contributed by atoms with Crippen LogP contribution in [0.15, 0.2) is 36.7 Å². The third kappa shape index (κ3) is 3.52. The maximum Gasteiger partial charge on any atom is 0.265 e. The highest BCUT2D eigenvalue weighted by atomic mass is 35.5. The molecule has 5 nitrogen and oxygen atoms in total. The van der Waals surface area contributed by atoms with Gasteiger partial charge in [-0.15, -0.1) is 0 Å². The Hall–Kier alpha value is -2.11. The molecule has 0 spiro atoms. The lowest BCUT2D eigenvalue weighted by Gasteiger charge is -2.26. The molecule has 2 atom stereocenters. The number of aromatic nitrogens is 1. The Morgan fingerprint density at radius 3 is 3.00 bits per heavy atom. The van der Waals surface area contributed by atoms with Gasteiger partial charge in [0.1, 0.15) is 5.75 Å². The van der Waals surface area contributed by atoms with Gasteiger partial charge in [-0.25, -0.2) is 0 Å². The smallest absolute Gasteiger partial charge is 0.265 e. The number of anilines is 1. The van der Waals surface area contributed by atoms with E-state index in [1.807, 2.05) is 31.2 Å². The van der Waals surface area contributed by atoms with Gasteiger partial charge in [0.2, 0.25) is 0 Å². The molecule has 1 aliphatic heterocycles. The van der Waals surface area contributed by atoms with E-state index in [1.54, 1.807) is 12.4 Å². The van der Waals surface area contributed by atoms with Crippen LogP contribution in [0.1, 0.15) is 37.4 Å². The van der Waals surface area contributed by atoms with Crippen LogP contribution in [0.25, 0.3) is 0 Å². The Kier molecular flexibility index (Phi) is 5.02. The molecule has 2 aromatic rings. The van der Waals surface area contributed by atoms with Crippen LogP contribution in [0.3, 0.4) is 0 Å². The van der Waals surface area contributed by atoms with Crippen molar-refractivity contribution in [2.75, 3.05) is 5.32 Å². The number of carbonyl (C=O) groups is 1. The largest absolute Gasteiger partial charge is 0.478 e. The summed E-state index contributed by atoms with van der Waals surface area (Å²) < 4.78 is 5.80. The number of pyridine rings is 1. The second kappa shape index (κ2) is 7.20. The molecule has 1 amide bonds. The zero-order chi connectivity index (χ0) is 17.1. The summed E-state index contributed by atoms with van der Waals surface area (Å²) in [6.07, 6.45) is 3.59. The number of nitrogens with one attached hydrogen (secondary N) is 2. The Labute approximate surface area is 146 Å². The summed E-state index contributed by atoms with van der Waals surface area (Å²) >= 11 is 6.13. The maximum absolute atomic E-state index is 11.8. The predicted octanol–water partition coefficient (Wildman–Crippen LogP) is 3.70. The number of rotatable bonds is 5. The van der Waals surface area contributed by atoms with Gasteiger partial charge in [0.25, 0.3) is 5.91 Å². The number of halogens is 1. The fourth-order valence-corrected chi connectivity index (χ4v) is 2.81. The van der Waals surface area contributed by atoms with E-state index in [1.165, 1.54) is 0 Å². The molecule has 3 rings (SSSR count). The van der Waals surface area contributed by atoms with Gasteiger partial charge in [-0.05, 0) is 42.7 Å². The minimum absolute atomic E-state index is 0.0868. The first-order valence-electron chi connectivity index (χ1n) is 8.01. The first-order chi connectivity index (χ1) is 11.6. The number of amides is 1. The van der Waals surface area contributed by atoms with Crippen LogP contribution < -0.4 is 15.4 Å². The molecule has 1 aromatic carbocycles. The van der Waals surface area contributed by atoms with Crippen molar-refractivity contribution in [2.45, 2.75) is 39.0 Å². The second-order valence-corrected chi connectivity index (χ2v) is 6.24. The van der Waals surface area contributed by atoms with Gasteiger partial charge in [0.15, 0.2) is 6.10 Å². The monoisotopic (exact) mass is 345 g/mol. The number of benzene rings is 1. The van der Waals surface area contributed by atoms with Crippen LogP contribution in [0.2, 0.25) is 5.02 Å². The molecule has 24 heavy (non-hydrogen) atoms. The molecule has 0 saturated carbocycles. The molecule has 2 N–H and O–H groups in total. The van der Waals surface area contributed by atoms with Crippen LogP contribution in [0.5, 0.6) is 5.75 Å². The minimum Gasteiger partial charge on any atom is -0.478 e. The van der Waals surface area contributed by atoms with Crippen molar-refractivity contribution >= 4 is 23.2 Å². The predicted molar refractivity (Wildman–Crippen MR) is 94.3 cm³/mol. The average Bonchev–Trinajstić information content (AvgIpc) is 2.59. The highest BCUT2D eigenvalue weighted by molar-refractivity contribution is 6.31. The van der Waals surface area contributed by atoms with E-state index < -0.39 is 6.10 Å². The van der Waals surface area contributed by atoms with Gasteiger partial charge in [0.05, 0.1) is 10.7 Å². The quantitative estimate of drug-likeness (QED) is 0.867. The standard InChI is InChI=1S/C18H20ClN3O2/c1-3-16-18(23)22-15-5-4-12(8-17(15)24-16)11(2)21-9-13-6-7-20-10-14(13)19/h4-8,10-11,16,21H,3,9H2,1-2H3,(H,22,23)/t11-,16-/m0/s1. The second-order valence-electron chi connectivity index (χ2n) is 5.83. The Bertz CT molecular complexity index is 751. The van der Waals surface area contributed by atoms with Crippen LogP contribution in [-0.2, 0) is 11.3 Å². The third-order valence-corrected chi connectivity index (χ3v) is 4.49. The maximum atomic E-state index is 11.8. The van der Waals surface area contributed by atoms with E-state index in [-0.39, 0.29) is 11.9 Å². The molecule has 0 bridgehead atoms. The first kappa shape index (κ1) is 16.7. The molecular weight excluding hydrogens is 326 g/mol. The van der Waals surface area contributed by atoms with Gasteiger partial charge in [-0.3, -0.25) is 9.78 Å². The molecule has 0 aliphatic carbocycles. The van der Waals surface area contributed by atoms with Crippen molar-refractivity contribution in [1.29, 1.82) is 0 Å². The Morgan fingerprint density at radius 2 is 2.25 bits per heavy atom. The number of hydrogen-bond acceptors (Lipinski definition) is 4. The molecule has 1 aromatic heterocycles. The van der Waals surface area contributed by atoms with Gasteiger partial charge >= 0.3 is 0 Å². The molecule has 2 heterocycles. The van der Waals surface area contributed by atoms with Crippen LogP contribution in [0.4, 0.5) is 5.69 Å². The number of ether oxygens (including phenoxy) is 1. The summed E-state index contributed by atoms with van der Waals surface area (Å²) in [7, 11) is 0. The van der Waals surface area contributed by atoms with Crippen LogP contribution in [-0.4, -0.2) is 17.0 Å². The number of carbonyl (C=O) groups excluding carboxylic acids is 1. The van der Waals surface area contributed by atoms with Crippen molar-refractivity contribution in [3.8, 4) is 5.75 Å². The number of nitrogens with zero attached hydrogens (tertiary/aromatic N) is 1. The highest BCUT2D eigenvalue weighted by Crippen LogP contribution is 2.33. The third-order valence-electron chi connectivity index (χ3n) is 4.15. The Balaban J connectivity index is 1.71. The summed E-state index contributed by atoms with van der Waals surface area (Å²) in [6.45, 7) is 4.66. The van der Waals surface area contributed by atoms with E-state index >= 15 is 0 Å². The molecular formula is C18H20ClN3O2. The van der Waals surface area contributed by atoms with Gasteiger partial charge in [0, 0.05) is 25.0 Å². The average molecular weight is 346 g/mol. The summed E-state index contributed by atoms with van der Waals surface area (Å²) in [6, 6.07) is 7.86. The van der Waals surface area contributed by atoms with Crippen molar-refractivity contribution < 1.29 is 9.53 Å². The van der Waals surface area contributed by atoms with Crippen molar-refractivity contribution in [2.24, 2.45) is 0 Å². The summed E-state index contributed by atoms with van der Waals surface area (Å²) in [4.78, 5) is 15.8. The van der Waals surface area contributed by atoms with Crippen LogP contribution in [0, 0.1) is 0 Å². The van der Waals surface area contributed by atoms with Crippen molar-refractivity contribution in [3.63, 3.8) is 0 Å². The van der Waals surface area contributed by atoms with Crippen molar-refractivity contribution in [3.05, 3.63) is 52.8 Å². The molecule has 0 saturated heterocycles. The zero-order valence-corrected chi connectivity index (χ0v) is 14.4. The SMILES string of the molecule is CC[C@@H]1Oc2cc([C@H](C)NCc3ccncc3Cl)ccc2NC1=O. The highest BCUT2D eigenvalue weighted by Gasteiger charge is 2.26. The molecule has 126 valence electrons. The van der Waals surface area contributed by atoms with Gasteiger partial charge in [-0.2, -0.15) is 0 Å². The van der Waals surface area contributed by atoms with E-state index in [4.69, 9.17) is 16.3 Å². The molecule has 0 radical (unpaired) electrons. The molecule has 0 unspecified atom stereocenters. The van der Waals surface area contributed by atoms with E-state index in [9.17, 15) is 4.79 Å². The van der Waals surface area contributed by atoms with E-state index in [0.717, 1.165) is 22.6 Å². The summed E-state index contributed by atoms with van der Waals surface area (Å²) in [5.74, 6) is 0.630. The molecule has 0 fully saturated rings. The summed E-state index contributed by atoms with van der Waals surface area (Å²) in [5, 5.41) is 6.98. The first-order valence-corrected chi connectivity index (χ1v) is 8.39. The topological polar surface area (TPSA) is 63.2 Å². The van der Waals surface area contributed by atoms with Crippen molar-refractivity contribution in [1.82, 2.24) is 10.3 Å². The number of fused-ring (bicyclic) bond motifs is 1. The lowest BCUT2D eigenvalue weighted by atomic mass is 10.1. The lowest BCUT2D eigenvalue weighted by molar-refractivity contribution is -0.123. The zero-order valence-electron chi connectivity index (χ0n) is 13.7. The van der Waals surface area contributed by atoms with E-state index in [2.05, 4.69) is 22.5 Å². The fourth-order valence-electron chi connectivity index (χ4n) is 2.63.